The number of allylic oxidation sites excluding steroid dienone is 1. The van der Waals surface area contributed by atoms with E-state index in [1.165, 1.54) is 19.3 Å². The molecule has 31 heavy (non-hydrogen) atoms. The largest absolute Gasteiger partial charge is 0.393 e. The smallest absolute Gasteiger partial charge is 0.168 e. The predicted octanol–water partition coefficient (Wildman–Crippen LogP) is 3.92. The van der Waals surface area contributed by atoms with Crippen LogP contribution in [0.3, 0.4) is 0 Å². The van der Waals surface area contributed by atoms with Gasteiger partial charge in [0, 0.05) is 18.3 Å². The van der Waals surface area contributed by atoms with Crippen LogP contribution in [0.25, 0.3) is 0 Å². The van der Waals surface area contributed by atoms with Crippen LogP contribution >= 0.6 is 0 Å². The van der Waals surface area contributed by atoms with Crippen LogP contribution in [0, 0.1) is 46.3 Å². The summed E-state index contributed by atoms with van der Waals surface area (Å²) in [4.78, 5) is 0. The molecule has 4 heteroatoms. The topological polar surface area (TPSA) is 77.3 Å². The van der Waals surface area contributed by atoms with Crippen molar-refractivity contribution in [3.05, 3.63) is 11.6 Å². The summed E-state index contributed by atoms with van der Waals surface area (Å²) in [7, 11) is 0. The molecule has 176 valence electrons. The number of fused-ring (bicyclic) bond motifs is 7. The first-order valence-electron chi connectivity index (χ1n) is 13.2. The van der Waals surface area contributed by atoms with Gasteiger partial charge >= 0.3 is 0 Å². The van der Waals surface area contributed by atoms with Gasteiger partial charge in [0.2, 0.25) is 0 Å². The molecule has 4 nitrogen and oxygen atoms in total. The van der Waals surface area contributed by atoms with Crippen molar-refractivity contribution < 1.29 is 20.7 Å². The van der Waals surface area contributed by atoms with E-state index in [4.69, 9.17) is 4.74 Å². The zero-order valence-corrected chi connectivity index (χ0v) is 20.3. The normalized spacial score (nSPS) is 54.4. The molecule has 4 unspecified atom stereocenters. The number of aliphatic hydroxyl groups excluding tert-OH is 1. The monoisotopic (exact) mass is 432 g/mol. The van der Waals surface area contributed by atoms with Gasteiger partial charge in [-0.05, 0) is 85.9 Å². The van der Waals surface area contributed by atoms with Crippen molar-refractivity contribution in [1.29, 1.82) is 0 Å². The Balaban J connectivity index is 1.37. The van der Waals surface area contributed by atoms with Gasteiger partial charge in [-0.25, -0.2) is 0 Å². The fourth-order valence-electron chi connectivity index (χ4n) is 9.22. The van der Waals surface area contributed by atoms with Crippen LogP contribution in [0.15, 0.2) is 11.6 Å². The highest BCUT2D eigenvalue weighted by atomic mass is 16.6. The van der Waals surface area contributed by atoms with Crippen molar-refractivity contribution in [3.8, 4) is 0 Å². The first-order chi connectivity index (χ1) is 14.6. The average Bonchev–Trinajstić information content (AvgIpc) is 3.17. The van der Waals surface area contributed by atoms with Gasteiger partial charge in [0.25, 0.3) is 0 Å². The Kier molecular flexibility index (Phi) is 5.45. The molecule has 5 N–H and O–H groups in total. The lowest BCUT2D eigenvalue weighted by Crippen LogP contribution is -2.53. The zero-order valence-electron chi connectivity index (χ0n) is 20.3. The summed E-state index contributed by atoms with van der Waals surface area (Å²) in [5.74, 6) is 2.47. The standard InChI is InChI=1S/C27H45NO3/c1-16(15-28)7-12-27(30)17(2)24-23(31-27)14-22-20-6-5-18-13-19(29)8-10-25(18,3)21(20)9-11-26(22,24)4/h5,16-17,19-24,29-30H,6-15,28H2,1-4H3/p+1/t16?,17-,19-,20+,21-,22?,23-,24?,25-,26-,27?/m0/s1. The second-order valence-electron chi connectivity index (χ2n) is 12.7. The highest BCUT2D eigenvalue weighted by Gasteiger charge is 2.67. The molecular weight excluding hydrogens is 386 g/mol. The summed E-state index contributed by atoms with van der Waals surface area (Å²) in [6, 6.07) is 0. The van der Waals surface area contributed by atoms with Crippen LogP contribution in [0.5, 0.6) is 0 Å². The van der Waals surface area contributed by atoms with Crippen molar-refractivity contribution >= 4 is 0 Å². The molecular formula is C27H46NO3+. The van der Waals surface area contributed by atoms with E-state index in [0.717, 1.165) is 56.9 Å². The van der Waals surface area contributed by atoms with E-state index in [9.17, 15) is 10.2 Å². The number of hydrogen-bond donors (Lipinski definition) is 3. The van der Waals surface area contributed by atoms with Gasteiger partial charge in [0.05, 0.1) is 18.8 Å². The van der Waals surface area contributed by atoms with E-state index >= 15 is 0 Å². The van der Waals surface area contributed by atoms with Crippen molar-refractivity contribution in [3.63, 3.8) is 0 Å². The van der Waals surface area contributed by atoms with E-state index in [0.29, 0.717) is 23.2 Å². The van der Waals surface area contributed by atoms with Crippen molar-refractivity contribution in [1.82, 2.24) is 0 Å². The molecule has 4 fully saturated rings. The summed E-state index contributed by atoms with van der Waals surface area (Å²) in [6.07, 6.45) is 12.2. The van der Waals surface area contributed by atoms with Crippen molar-refractivity contribution in [2.24, 2.45) is 46.3 Å². The number of quaternary nitrogens is 1. The summed E-state index contributed by atoms with van der Waals surface area (Å²) in [5.41, 5.74) is 6.15. The van der Waals surface area contributed by atoms with Gasteiger partial charge in [-0.15, -0.1) is 0 Å². The van der Waals surface area contributed by atoms with Gasteiger partial charge in [-0.1, -0.05) is 39.3 Å². The van der Waals surface area contributed by atoms with Crippen LogP contribution in [-0.2, 0) is 4.74 Å². The Morgan fingerprint density at radius 3 is 2.74 bits per heavy atom. The Hall–Kier alpha value is -0.420. The summed E-state index contributed by atoms with van der Waals surface area (Å²) >= 11 is 0. The molecule has 11 atom stereocenters. The minimum atomic E-state index is -0.950. The molecule has 3 saturated carbocycles. The minimum Gasteiger partial charge on any atom is -0.393 e. The third-order valence-corrected chi connectivity index (χ3v) is 11.3. The molecule has 0 amide bonds. The molecule has 0 radical (unpaired) electrons. The van der Waals surface area contributed by atoms with Crippen LogP contribution in [0.1, 0.15) is 85.5 Å². The number of ether oxygens (including phenoxy) is 1. The molecule has 0 aromatic heterocycles. The average molecular weight is 433 g/mol. The molecule has 0 bridgehead atoms. The summed E-state index contributed by atoms with van der Waals surface area (Å²) in [5, 5.41) is 21.7. The fraction of sp³-hybridized carbons (Fsp3) is 0.926. The van der Waals surface area contributed by atoms with E-state index in [1.807, 2.05) is 0 Å². The quantitative estimate of drug-likeness (QED) is 0.589. The van der Waals surface area contributed by atoms with Gasteiger partial charge < -0.3 is 20.7 Å². The highest BCUT2D eigenvalue weighted by Crippen LogP contribution is 2.70. The van der Waals surface area contributed by atoms with Crippen molar-refractivity contribution in [2.75, 3.05) is 6.54 Å². The van der Waals surface area contributed by atoms with Crippen LogP contribution in [0.2, 0.25) is 0 Å². The molecule has 0 aromatic carbocycles. The zero-order chi connectivity index (χ0) is 22.2. The Morgan fingerprint density at radius 1 is 1.23 bits per heavy atom. The Morgan fingerprint density at radius 2 is 2.00 bits per heavy atom. The maximum absolute atomic E-state index is 11.5. The molecule has 1 aliphatic heterocycles. The molecule has 1 saturated heterocycles. The number of rotatable bonds is 4. The van der Waals surface area contributed by atoms with Crippen molar-refractivity contribution in [2.45, 2.75) is 103 Å². The molecule has 5 aliphatic rings. The Labute approximate surface area is 189 Å². The van der Waals surface area contributed by atoms with Crippen LogP contribution in [-0.4, -0.2) is 34.8 Å². The van der Waals surface area contributed by atoms with Gasteiger partial charge in [-0.3, -0.25) is 0 Å². The third kappa shape index (κ3) is 3.22. The van der Waals surface area contributed by atoms with Gasteiger partial charge in [0.15, 0.2) is 5.79 Å². The lowest BCUT2D eigenvalue weighted by atomic mass is 9.47. The number of hydrogen-bond acceptors (Lipinski definition) is 3. The molecule has 1 heterocycles. The predicted molar refractivity (Wildman–Crippen MR) is 122 cm³/mol. The van der Waals surface area contributed by atoms with E-state index in [-0.39, 0.29) is 23.5 Å². The van der Waals surface area contributed by atoms with Gasteiger partial charge in [0.1, 0.15) is 0 Å². The van der Waals surface area contributed by atoms with Gasteiger partial charge in [-0.2, -0.15) is 0 Å². The van der Waals surface area contributed by atoms with E-state index < -0.39 is 5.79 Å². The first kappa shape index (κ1) is 22.4. The number of aliphatic hydroxyl groups is 2. The summed E-state index contributed by atoms with van der Waals surface area (Å²) < 4.78 is 6.55. The second kappa shape index (κ2) is 7.55. The molecule has 0 aromatic rings. The molecule has 5 rings (SSSR count). The Bertz CT molecular complexity index is 738. The third-order valence-electron chi connectivity index (χ3n) is 11.3. The molecule has 4 aliphatic carbocycles. The maximum atomic E-state index is 11.5. The minimum absolute atomic E-state index is 0.131. The lowest BCUT2D eigenvalue weighted by Gasteiger charge is -2.58. The van der Waals surface area contributed by atoms with E-state index in [1.54, 1.807) is 5.57 Å². The van der Waals surface area contributed by atoms with Crippen LogP contribution < -0.4 is 5.73 Å². The SMILES string of the molecule is CC(C[NH3+])CCC1(O)O[C@H]2CC3[C@@H]4CC=C5C[C@@H](O)CC[C@]5(C)[C@H]4CC[C@]3(C)C2[C@@H]1C. The first-order valence-corrected chi connectivity index (χ1v) is 13.2. The van der Waals surface area contributed by atoms with Crippen LogP contribution in [0.4, 0.5) is 0 Å². The fourth-order valence-corrected chi connectivity index (χ4v) is 9.22. The maximum Gasteiger partial charge on any atom is 0.168 e. The summed E-state index contributed by atoms with van der Waals surface area (Å²) in [6.45, 7) is 10.5. The highest BCUT2D eigenvalue weighted by molar-refractivity contribution is 5.26. The lowest BCUT2D eigenvalue weighted by molar-refractivity contribution is -0.378. The second-order valence-corrected chi connectivity index (χ2v) is 12.7. The molecule has 0 spiro atoms. The van der Waals surface area contributed by atoms with E-state index in [2.05, 4.69) is 39.5 Å².